The number of hydrazine groups is 1. The lowest BCUT2D eigenvalue weighted by atomic mass is 9.75. The lowest BCUT2D eigenvalue weighted by Crippen LogP contribution is -2.57. The fourth-order valence-corrected chi connectivity index (χ4v) is 1.77. The minimum Gasteiger partial charge on any atom is -0.350 e. The third-order valence-corrected chi connectivity index (χ3v) is 3.00. The van der Waals surface area contributed by atoms with Gasteiger partial charge in [0.2, 0.25) is 5.96 Å². The summed E-state index contributed by atoms with van der Waals surface area (Å²) in [5.41, 5.74) is 2.90. The summed E-state index contributed by atoms with van der Waals surface area (Å²) in [6.45, 7) is 5.14. The molecule has 1 aliphatic carbocycles. The Morgan fingerprint density at radius 2 is 2.14 bits per heavy atom. The van der Waals surface area contributed by atoms with Gasteiger partial charge in [-0.15, -0.1) is 0 Å². The summed E-state index contributed by atoms with van der Waals surface area (Å²) in [4.78, 5) is 4.34. The number of hydrogen-bond acceptors (Lipinski definition) is 2. The van der Waals surface area contributed by atoms with Crippen LogP contribution in [0.15, 0.2) is 4.99 Å². The molecule has 0 saturated heterocycles. The maximum Gasteiger partial charge on any atom is 0.206 e. The maximum absolute atomic E-state index is 5.41. The van der Waals surface area contributed by atoms with Crippen molar-refractivity contribution in [3.63, 3.8) is 0 Å². The smallest absolute Gasteiger partial charge is 0.206 e. The molecule has 1 rings (SSSR count). The molecule has 0 atom stereocenters. The van der Waals surface area contributed by atoms with Crippen LogP contribution >= 0.6 is 0 Å². The van der Waals surface area contributed by atoms with Crippen LogP contribution in [0.5, 0.6) is 0 Å². The second kappa shape index (κ2) is 5.20. The van der Waals surface area contributed by atoms with Crippen molar-refractivity contribution in [3.05, 3.63) is 0 Å². The number of nitrogens with one attached hydrogen (secondary N) is 2. The average molecular weight is 198 g/mol. The highest BCUT2D eigenvalue weighted by atomic mass is 15.3. The molecule has 1 fully saturated rings. The summed E-state index contributed by atoms with van der Waals surface area (Å²) in [6.07, 6.45) is 5.96. The van der Waals surface area contributed by atoms with Crippen LogP contribution < -0.4 is 16.6 Å². The van der Waals surface area contributed by atoms with Gasteiger partial charge in [-0.05, 0) is 32.1 Å². The Kier molecular flexibility index (Phi) is 4.20. The van der Waals surface area contributed by atoms with Gasteiger partial charge in [-0.2, -0.15) is 0 Å². The zero-order valence-electron chi connectivity index (χ0n) is 9.27. The van der Waals surface area contributed by atoms with Gasteiger partial charge in [-0.25, -0.2) is 5.84 Å². The van der Waals surface area contributed by atoms with Crippen molar-refractivity contribution in [3.8, 4) is 0 Å². The summed E-state index contributed by atoms with van der Waals surface area (Å²) in [6, 6.07) is 0. The van der Waals surface area contributed by atoms with E-state index in [1.807, 2.05) is 0 Å². The lowest BCUT2D eigenvalue weighted by molar-refractivity contribution is 0.207. The molecule has 0 spiro atoms. The Hall–Kier alpha value is -0.770. The van der Waals surface area contributed by atoms with Crippen LogP contribution in [0, 0.1) is 0 Å². The molecule has 4 nitrogen and oxygen atoms in total. The first kappa shape index (κ1) is 11.3. The number of aliphatic imine (C=N–C) groups is 1. The van der Waals surface area contributed by atoms with Crippen LogP contribution in [-0.2, 0) is 0 Å². The predicted molar refractivity (Wildman–Crippen MR) is 59.9 cm³/mol. The van der Waals surface area contributed by atoms with Crippen molar-refractivity contribution >= 4 is 5.96 Å². The van der Waals surface area contributed by atoms with Crippen LogP contribution in [0.4, 0.5) is 0 Å². The number of guanidine groups is 1. The van der Waals surface area contributed by atoms with Crippen molar-refractivity contribution < 1.29 is 0 Å². The zero-order chi connectivity index (χ0) is 10.4. The molecule has 0 aromatic carbocycles. The van der Waals surface area contributed by atoms with Gasteiger partial charge in [0.15, 0.2) is 0 Å². The van der Waals surface area contributed by atoms with Gasteiger partial charge in [0.1, 0.15) is 0 Å². The van der Waals surface area contributed by atoms with Crippen LogP contribution in [0.2, 0.25) is 0 Å². The lowest BCUT2D eigenvalue weighted by Gasteiger charge is -2.42. The molecular formula is C10H22N4. The summed E-state index contributed by atoms with van der Waals surface area (Å²) in [7, 11) is 0. The first-order chi connectivity index (χ1) is 6.76. The van der Waals surface area contributed by atoms with Crippen LogP contribution in [-0.4, -0.2) is 18.0 Å². The zero-order valence-corrected chi connectivity index (χ0v) is 9.27. The molecule has 1 aliphatic rings. The number of rotatable bonds is 4. The van der Waals surface area contributed by atoms with Gasteiger partial charge in [-0.1, -0.05) is 13.8 Å². The SMILES string of the molecule is CCCN=C(NN)NC1(CC)CCC1. The molecule has 0 amide bonds. The second-order valence-corrected chi connectivity index (χ2v) is 3.99. The highest BCUT2D eigenvalue weighted by molar-refractivity contribution is 5.80. The molecule has 0 aliphatic heterocycles. The molecule has 0 radical (unpaired) electrons. The molecule has 0 unspecified atom stereocenters. The summed E-state index contributed by atoms with van der Waals surface area (Å²) >= 11 is 0. The van der Waals surface area contributed by atoms with E-state index in [1.54, 1.807) is 0 Å². The fourth-order valence-electron chi connectivity index (χ4n) is 1.77. The molecule has 0 heterocycles. The Balaban J connectivity index is 2.46. The van der Waals surface area contributed by atoms with Gasteiger partial charge in [-0.3, -0.25) is 10.4 Å². The topological polar surface area (TPSA) is 62.4 Å². The Morgan fingerprint density at radius 3 is 2.50 bits per heavy atom. The molecule has 0 aromatic rings. The third-order valence-electron chi connectivity index (χ3n) is 3.00. The molecule has 4 heteroatoms. The number of nitrogens with zero attached hydrogens (tertiary/aromatic N) is 1. The minimum atomic E-state index is 0.263. The van der Waals surface area contributed by atoms with Crippen LogP contribution in [0.3, 0.4) is 0 Å². The summed E-state index contributed by atoms with van der Waals surface area (Å²) in [5, 5.41) is 3.42. The van der Waals surface area contributed by atoms with Crippen LogP contribution in [0.1, 0.15) is 46.0 Å². The van der Waals surface area contributed by atoms with E-state index >= 15 is 0 Å². The largest absolute Gasteiger partial charge is 0.350 e. The van der Waals surface area contributed by atoms with Crippen molar-refractivity contribution in [2.24, 2.45) is 10.8 Å². The first-order valence-electron chi connectivity index (χ1n) is 5.55. The second-order valence-electron chi connectivity index (χ2n) is 3.99. The van der Waals surface area contributed by atoms with Crippen molar-refractivity contribution in [2.45, 2.75) is 51.5 Å². The highest BCUT2D eigenvalue weighted by Crippen LogP contribution is 2.34. The molecule has 0 bridgehead atoms. The van der Waals surface area contributed by atoms with Crippen molar-refractivity contribution in [1.82, 2.24) is 10.7 Å². The van der Waals surface area contributed by atoms with E-state index in [2.05, 4.69) is 29.6 Å². The van der Waals surface area contributed by atoms with Crippen molar-refractivity contribution in [2.75, 3.05) is 6.54 Å². The van der Waals surface area contributed by atoms with E-state index in [0.717, 1.165) is 25.3 Å². The van der Waals surface area contributed by atoms with E-state index < -0.39 is 0 Å². The average Bonchev–Trinajstić information content (AvgIpc) is 2.16. The van der Waals surface area contributed by atoms with Gasteiger partial charge in [0.25, 0.3) is 0 Å². The van der Waals surface area contributed by atoms with Gasteiger partial charge in [0.05, 0.1) is 0 Å². The quantitative estimate of drug-likeness (QED) is 0.275. The monoisotopic (exact) mass is 198 g/mol. The molecule has 1 saturated carbocycles. The third kappa shape index (κ3) is 2.61. The van der Waals surface area contributed by atoms with Gasteiger partial charge < -0.3 is 5.32 Å². The van der Waals surface area contributed by atoms with E-state index in [9.17, 15) is 0 Å². The van der Waals surface area contributed by atoms with Crippen molar-refractivity contribution in [1.29, 1.82) is 0 Å². The normalized spacial score (nSPS) is 20.1. The molecular weight excluding hydrogens is 176 g/mol. The van der Waals surface area contributed by atoms with E-state index in [0.29, 0.717) is 0 Å². The summed E-state index contributed by atoms with van der Waals surface area (Å²) in [5.74, 6) is 6.15. The molecule has 4 N–H and O–H groups in total. The van der Waals surface area contributed by atoms with Crippen LogP contribution in [0.25, 0.3) is 0 Å². The highest BCUT2D eigenvalue weighted by Gasteiger charge is 2.35. The Labute approximate surface area is 86.3 Å². The standard InChI is InChI=1S/C10H22N4/c1-3-8-12-9(14-11)13-10(4-2)6-5-7-10/h3-8,11H2,1-2H3,(H2,12,13,14). The van der Waals surface area contributed by atoms with E-state index in [4.69, 9.17) is 5.84 Å². The molecule has 82 valence electrons. The Bertz CT molecular complexity index is 191. The molecule has 0 aromatic heterocycles. The van der Waals surface area contributed by atoms with E-state index in [-0.39, 0.29) is 5.54 Å². The number of nitrogens with two attached hydrogens (primary N) is 1. The van der Waals surface area contributed by atoms with E-state index in [1.165, 1.54) is 19.3 Å². The van der Waals surface area contributed by atoms with Gasteiger partial charge >= 0.3 is 0 Å². The number of hydrogen-bond donors (Lipinski definition) is 3. The first-order valence-corrected chi connectivity index (χ1v) is 5.55. The summed E-state index contributed by atoms with van der Waals surface area (Å²) < 4.78 is 0. The fraction of sp³-hybridized carbons (Fsp3) is 0.900. The maximum atomic E-state index is 5.41. The Morgan fingerprint density at radius 1 is 1.43 bits per heavy atom. The van der Waals surface area contributed by atoms with Gasteiger partial charge in [0, 0.05) is 12.1 Å². The minimum absolute atomic E-state index is 0.263. The predicted octanol–water partition coefficient (Wildman–Crippen LogP) is 1.14. The molecule has 14 heavy (non-hydrogen) atoms.